The Kier molecular flexibility index (Phi) is 5.67. The van der Waals surface area contributed by atoms with Gasteiger partial charge in [-0.3, -0.25) is 9.69 Å². The van der Waals surface area contributed by atoms with Gasteiger partial charge in [0.2, 0.25) is 5.91 Å². The van der Waals surface area contributed by atoms with E-state index in [9.17, 15) is 4.79 Å². The summed E-state index contributed by atoms with van der Waals surface area (Å²) in [6.07, 6.45) is 1.98. The summed E-state index contributed by atoms with van der Waals surface area (Å²) in [5.41, 5.74) is 2.79. The first kappa shape index (κ1) is 19.3. The minimum atomic E-state index is -0.0283. The van der Waals surface area contributed by atoms with Crippen molar-refractivity contribution in [2.24, 2.45) is 0 Å². The summed E-state index contributed by atoms with van der Waals surface area (Å²) in [5, 5.41) is 2.94. The number of likely N-dealkylation sites (tertiary alicyclic amines) is 1. The van der Waals surface area contributed by atoms with Gasteiger partial charge in [0.05, 0.1) is 31.8 Å². The number of rotatable bonds is 6. The standard InChI is InChI=1S/C22H26N4O3/c1-28-19-8-7-16(13-20(19)29-2)23-21(27)14-26-11-9-15(10-12-26)22-24-17-5-3-4-6-18(17)25-22/h3-8,13,15H,9-12,14H2,1-2H3,(H,23,27)(H,24,25). The summed E-state index contributed by atoms with van der Waals surface area (Å²) < 4.78 is 10.5. The molecule has 7 nitrogen and oxygen atoms in total. The van der Waals surface area contributed by atoms with E-state index in [-0.39, 0.29) is 5.91 Å². The zero-order valence-corrected chi connectivity index (χ0v) is 16.8. The summed E-state index contributed by atoms with van der Waals surface area (Å²) in [5.74, 6) is 2.67. The second kappa shape index (κ2) is 8.53. The molecule has 0 atom stereocenters. The number of piperidine rings is 1. The van der Waals surface area contributed by atoms with Crippen molar-refractivity contribution in [1.82, 2.24) is 14.9 Å². The van der Waals surface area contributed by atoms with E-state index in [0.29, 0.717) is 29.6 Å². The molecule has 1 aliphatic rings. The van der Waals surface area contributed by atoms with Crippen LogP contribution < -0.4 is 14.8 Å². The highest BCUT2D eigenvalue weighted by Gasteiger charge is 2.24. The predicted molar refractivity (Wildman–Crippen MR) is 113 cm³/mol. The van der Waals surface area contributed by atoms with Crippen LogP contribution in [-0.2, 0) is 4.79 Å². The Balaban J connectivity index is 1.30. The maximum Gasteiger partial charge on any atom is 0.238 e. The summed E-state index contributed by atoms with van der Waals surface area (Å²) in [4.78, 5) is 22.8. The molecule has 2 aromatic carbocycles. The largest absolute Gasteiger partial charge is 0.493 e. The third-order valence-electron chi connectivity index (χ3n) is 5.42. The van der Waals surface area contributed by atoms with Crippen molar-refractivity contribution in [3.63, 3.8) is 0 Å². The molecule has 1 amide bonds. The molecule has 0 spiro atoms. The molecule has 29 heavy (non-hydrogen) atoms. The SMILES string of the molecule is COc1ccc(NC(=O)CN2CCC(c3nc4ccccc4[nH]3)CC2)cc1OC. The van der Waals surface area contributed by atoms with E-state index in [4.69, 9.17) is 14.5 Å². The van der Waals surface area contributed by atoms with Gasteiger partial charge in [0.25, 0.3) is 0 Å². The number of amides is 1. The van der Waals surface area contributed by atoms with Crippen LogP contribution in [0.15, 0.2) is 42.5 Å². The quantitative estimate of drug-likeness (QED) is 0.670. The number of benzene rings is 2. The van der Waals surface area contributed by atoms with Gasteiger partial charge in [-0.2, -0.15) is 0 Å². The van der Waals surface area contributed by atoms with Crippen LogP contribution in [0.2, 0.25) is 0 Å². The van der Waals surface area contributed by atoms with Gasteiger partial charge in [0.15, 0.2) is 11.5 Å². The molecule has 0 radical (unpaired) electrons. The number of nitrogens with one attached hydrogen (secondary N) is 2. The second-order valence-corrected chi connectivity index (χ2v) is 7.31. The molecule has 152 valence electrons. The molecule has 1 aliphatic heterocycles. The van der Waals surface area contributed by atoms with E-state index in [0.717, 1.165) is 42.8 Å². The number of nitrogens with zero attached hydrogens (tertiary/aromatic N) is 2. The molecule has 0 unspecified atom stereocenters. The van der Waals surface area contributed by atoms with Gasteiger partial charge in [0, 0.05) is 17.7 Å². The molecule has 1 fully saturated rings. The molecular formula is C22H26N4O3. The Labute approximate surface area is 170 Å². The van der Waals surface area contributed by atoms with Gasteiger partial charge in [0.1, 0.15) is 5.82 Å². The van der Waals surface area contributed by atoms with Gasteiger partial charge in [-0.05, 0) is 50.2 Å². The molecule has 4 rings (SSSR count). The summed E-state index contributed by atoms with van der Waals surface area (Å²) in [6.45, 7) is 2.13. The Morgan fingerprint density at radius 3 is 2.62 bits per heavy atom. The zero-order valence-electron chi connectivity index (χ0n) is 16.8. The molecule has 0 aliphatic carbocycles. The zero-order chi connectivity index (χ0) is 20.2. The Morgan fingerprint density at radius 1 is 1.14 bits per heavy atom. The maximum absolute atomic E-state index is 12.5. The fourth-order valence-corrected chi connectivity index (χ4v) is 3.85. The normalized spacial score (nSPS) is 15.4. The number of H-pyrrole nitrogens is 1. The number of methoxy groups -OCH3 is 2. The van der Waals surface area contributed by atoms with E-state index >= 15 is 0 Å². The van der Waals surface area contributed by atoms with Crippen molar-refractivity contribution in [3.8, 4) is 11.5 Å². The van der Waals surface area contributed by atoms with Crippen LogP contribution in [0.1, 0.15) is 24.6 Å². The van der Waals surface area contributed by atoms with E-state index in [1.165, 1.54) is 0 Å². The highest BCUT2D eigenvalue weighted by atomic mass is 16.5. The van der Waals surface area contributed by atoms with Crippen LogP contribution >= 0.6 is 0 Å². The lowest BCUT2D eigenvalue weighted by Gasteiger charge is -2.30. The lowest BCUT2D eigenvalue weighted by Crippen LogP contribution is -2.38. The number of carbonyl (C=O) groups excluding carboxylic acids is 1. The second-order valence-electron chi connectivity index (χ2n) is 7.31. The molecule has 1 aromatic heterocycles. The lowest BCUT2D eigenvalue weighted by atomic mass is 9.96. The molecular weight excluding hydrogens is 368 g/mol. The first-order valence-corrected chi connectivity index (χ1v) is 9.85. The topological polar surface area (TPSA) is 79.5 Å². The first-order chi connectivity index (χ1) is 14.2. The number of anilines is 1. The Morgan fingerprint density at radius 2 is 1.90 bits per heavy atom. The van der Waals surface area contributed by atoms with Crippen LogP contribution in [-0.4, -0.2) is 54.6 Å². The van der Waals surface area contributed by atoms with Gasteiger partial charge < -0.3 is 19.8 Å². The minimum Gasteiger partial charge on any atom is -0.493 e. The van der Waals surface area contributed by atoms with Gasteiger partial charge in [-0.15, -0.1) is 0 Å². The first-order valence-electron chi connectivity index (χ1n) is 9.85. The lowest BCUT2D eigenvalue weighted by molar-refractivity contribution is -0.117. The van der Waals surface area contributed by atoms with Crippen molar-refractivity contribution >= 4 is 22.6 Å². The van der Waals surface area contributed by atoms with E-state index in [2.05, 4.69) is 21.3 Å². The summed E-state index contributed by atoms with van der Waals surface area (Å²) >= 11 is 0. The highest BCUT2D eigenvalue weighted by Crippen LogP contribution is 2.30. The highest BCUT2D eigenvalue weighted by molar-refractivity contribution is 5.92. The van der Waals surface area contributed by atoms with Gasteiger partial charge >= 0.3 is 0 Å². The van der Waals surface area contributed by atoms with E-state index < -0.39 is 0 Å². The predicted octanol–water partition coefficient (Wildman–Crippen LogP) is 3.40. The van der Waals surface area contributed by atoms with Crippen molar-refractivity contribution in [2.45, 2.75) is 18.8 Å². The minimum absolute atomic E-state index is 0.0283. The van der Waals surface area contributed by atoms with E-state index in [1.54, 1.807) is 26.4 Å². The van der Waals surface area contributed by atoms with Gasteiger partial charge in [-0.1, -0.05) is 12.1 Å². The molecule has 1 saturated heterocycles. The maximum atomic E-state index is 12.5. The number of hydrogen-bond donors (Lipinski definition) is 2. The number of carbonyl (C=O) groups is 1. The van der Waals surface area contributed by atoms with Gasteiger partial charge in [-0.25, -0.2) is 4.98 Å². The number of aromatic amines is 1. The number of para-hydroxylation sites is 2. The number of hydrogen-bond acceptors (Lipinski definition) is 5. The molecule has 7 heteroatoms. The van der Waals surface area contributed by atoms with E-state index in [1.807, 2.05) is 24.3 Å². The number of ether oxygens (including phenoxy) is 2. The third-order valence-corrected chi connectivity index (χ3v) is 5.42. The smallest absolute Gasteiger partial charge is 0.238 e. The summed E-state index contributed by atoms with van der Waals surface area (Å²) in [7, 11) is 3.17. The van der Waals surface area contributed by atoms with Crippen LogP contribution in [0.25, 0.3) is 11.0 Å². The molecule has 2 N–H and O–H groups in total. The monoisotopic (exact) mass is 394 g/mol. The van der Waals surface area contributed by atoms with Crippen LogP contribution in [0.3, 0.4) is 0 Å². The number of imidazole rings is 1. The number of fused-ring (bicyclic) bond motifs is 1. The van der Waals surface area contributed by atoms with Crippen LogP contribution in [0, 0.1) is 0 Å². The van der Waals surface area contributed by atoms with Crippen molar-refractivity contribution in [1.29, 1.82) is 0 Å². The molecule has 0 saturated carbocycles. The molecule has 2 heterocycles. The fourth-order valence-electron chi connectivity index (χ4n) is 3.85. The van der Waals surface area contributed by atoms with Crippen molar-refractivity contribution < 1.29 is 14.3 Å². The third kappa shape index (κ3) is 4.35. The van der Waals surface area contributed by atoms with Crippen LogP contribution in [0.4, 0.5) is 5.69 Å². The average Bonchev–Trinajstić information content (AvgIpc) is 3.18. The fraction of sp³-hybridized carbons (Fsp3) is 0.364. The van der Waals surface area contributed by atoms with Crippen LogP contribution in [0.5, 0.6) is 11.5 Å². The van der Waals surface area contributed by atoms with Crippen molar-refractivity contribution in [3.05, 3.63) is 48.3 Å². The van der Waals surface area contributed by atoms with Crippen molar-refractivity contribution in [2.75, 3.05) is 39.2 Å². The molecule has 3 aromatic rings. The molecule has 0 bridgehead atoms. The summed E-state index contributed by atoms with van der Waals surface area (Å²) in [6, 6.07) is 13.5. The Hall–Kier alpha value is -3.06. The number of aromatic nitrogens is 2. The Bertz CT molecular complexity index is 960. The average molecular weight is 394 g/mol.